The van der Waals surface area contributed by atoms with Gasteiger partial charge in [-0.3, -0.25) is 0 Å². The minimum absolute atomic E-state index is 0.928. The van der Waals surface area contributed by atoms with Crippen LogP contribution in [0.4, 0.5) is 39.8 Å². The Labute approximate surface area is 270 Å². The van der Waals surface area contributed by atoms with E-state index in [9.17, 15) is 0 Å². The van der Waals surface area contributed by atoms with Crippen molar-refractivity contribution in [2.24, 2.45) is 4.99 Å². The molecular formula is C39H47N6+. The number of allylic oxidation sites excluding steroid dienone is 4. The first kappa shape index (κ1) is 32.8. The molecule has 0 spiro atoms. The van der Waals surface area contributed by atoms with E-state index in [0.717, 1.165) is 34.2 Å². The molecule has 1 aliphatic rings. The van der Waals surface area contributed by atoms with Gasteiger partial charge in [0.05, 0.1) is 11.4 Å². The molecule has 6 nitrogen and oxygen atoms in total. The van der Waals surface area contributed by atoms with Crippen LogP contribution in [0.1, 0.15) is 5.56 Å². The van der Waals surface area contributed by atoms with Gasteiger partial charge < -0.3 is 19.6 Å². The van der Waals surface area contributed by atoms with Crippen molar-refractivity contribution >= 4 is 51.2 Å². The van der Waals surface area contributed by atoms with Crippen LogP contribution in [0.15, 0.2) is 126 Å². The second-order valence-electron chi connectivity index (χ2n) is 11.9. The van der Waals surface area contributed by atoms with Gasteiger partial charge in [0.1, 0.15) is 14.1 Å². The number of aryl methyl sites for hydroxylation is 1. The molecule has 5 rings (SSSR count). The first-order valence-corrected chi connectivity index (χ1v) is 15.2. The predicted octanol–water partition coefficient (Wildman–Crippen LogP) is 8.26. The topological polar surface area (TPSA) is 28.3 Å². The van der Waals surface area contributed by atoms with Gasteiger partial charge in [-0.1, -0.05) is 17.7 Å². The van der Waals surface area contributed by atoms with Crippen LogP contribution in [0, 0.1) is 6.92 Å². The molecule has 0 radical (unpaired) electrons. The molecule has 0 aliphatic heterocycles. The molecule has 45 heavy (non-hydrogen) atoms. The summed E-state index contributed by atoms with van der Waals surface area (Å²) in [6, 6.07) is 34.2. The second-order valence-corrected chi connectivity index (χ2v) is 11.9. The minimum atomic E-state index is 0.928. The van der Waals surface area contributed by atoms with Gasteiger partial charge in [0.2, 0.25) is 0 Å². The highest BCUT2D eigenvalue weighted by Crippen LogP contribution is 2.36. The lowest BCUT2D eigenvalue weighted by molar-refractivity contribution is -0.462. The average molecular weight is 600 g/mol. The molecule has 0 amide bonds. The van der Waals surface area contributed by atoms with Crippen molar-refractivity contribution in [3.8, 4) is 0 Å². The molecule has 0 saturated heterocycles. The maximum atomic E-state index is 4.80. The van der Waals surface area contributed by atoms with E-state index in [1.165, 1.54) is 22.6 Å². The number of anilines is 6. The standard InChI is InChI=1S/C30H34N5.C9H13N/c1-32(2)25-11-7-23(8-12-25)31-24-9-13-28(14-10-24)35(29-19-15-26(16-20-29)33(3)4)30-21-17-27(18-22-30)34(5)6;1-8-4-6-9(7-5-8)10(2)3/h7-22H,1-6H3;4-7H,1-3H3/q+1;. The van der Waals surface area contributed by atoms with Crippen LogP contribution in [0.3, 0.4) is 0 Å². The summed E-state index contributed by atoms with van der Waals surface area (Å²) < 4.78 is 2.09. The molecular weight excluding hydrogens is 552 g/mol. The Morgan fingerprint density at radius 2 is 0.778 bits per heavy atom. The molecule has 0 saturated carbocycles. The average Bonchev–Trinajstić information content (AvgIpc) is 3.03. The molecule has 0 bridgehead atoms. The third-order valence-corrected chi connectivity index (χ3v) is 7.53. The van der Waals surface area contributed by atoms with Crippen molar-refractivity contribution in [3.63, 3.8) is 0 Å². The summed E-state index contributed by atoms with van der Waals surface area (Å²) in [6.45, 7) is 2.10. The first-order valence-electron chi connectivity index (χ1n) is 15.2. The van der Waals surface area contributed by atoms with Crippen molar-refractivity contribution in [1.29, 1.82) is 0 Å². The number of nitrogens with zero attached hydrogens (tertiary/aromatic N) is 6. The van der Waals surface area contributed by atoms with Gasteiger partial charge in [0, 0.05) is 88.6 Å². The van der Waals surface area contributed by atoms with Crippen molar-refractivity contribution < 1.29 is 4.58 Å². The van der Waals surface area contributed by atoms with Crippen LogP contribution in [-0.2, 0) is 0 Å². The molecule has 0 N–H and O–H groups in total. The van der Waals surface area contributed by atoms with Gasteiger partial charge in [0.25, 0.3) is 0 Å². The van der Waals surface area contributed by atoms with Gasteiger partial charge in [-0.05, 0) is 104 Å². The number of benzene rings is 4. The monoisotopic (exact) mass is 599 g/mol. The van der Waals surface area contributed by atoms with Crippen LogP contribution in [0.25, 0.3) is 0 Å². The molecule has 0 atom stereocenters. The third-order valence-electron chi connectivity index (χ3n) is 7.53. The molecule has 0 unspecified atom stereocenters. The van der Waals surface area contributed by atoms with Crippen LogP contribution < -0.4 is 19.6 Å². The van der Waals surface area contributed by atoms with Crippen LogP contribution >= 0.6 is 0 Å². The smallest absolute Gasteiger partial charge is 0.199 e. The lowest BCUT2D eigenvalue weighted by atomic mass is 10.1. The fourth-order valence-electron chi connectivity index (χ4n) is 4.74. The summed E-state index contributed by atoms with van der Waals surface area (Å²) >= 11 is 0. The lowest BCUT2D eigenvalue weighted by Crippen LogP contribution is -2.12. The highest BCUT2D eigenvalue weighted by atomic mass is 15.1. The van der Waals surface area contributed by atoms with Crippen molar-refractivity contribution in [3.05, 3.63) is 127 Å². The molecule has 232 valence electrons. The fraction of sp³-hybridized carbons (Fsp3) is 0.231. The maximum Gasteiger partial charge on any atom is 0.199 e. The van der Waals surface area contributed by atoms with E-state index < -0.39 is 0 Å². The SMILES string of the molecule is CN(C)c1ccc(N(c2ccc(N=C3C=CC(=[N+](C)C)C=C3)cc2)c2ccc(N(C)C)cc2)cc1.Cc1ccc(N(C)C)cc1. The number of rotatable bonds is 7. The van der Waals surface area contributed by atoms with E-state index >= 15 is 0 Å². The van der Waals surface area contributed by atoms with Crippen LogP contribution in [0.2, 0.25) is 0 Å². The van der Waals surface area contributed by atoms with E-state index in [4.69, 9.17) is 4.99 Å². The van der Waals surface area contributed by atoms with E-state index in [0.29, 0.717) is 0 Å². The highest BCUT2D eigenvalue weighted by molar-refractivity contribution is 6.17. The molecule has 0 heterocycles. The second kappa shape index (κ2) is 15.1. The van der Waals surface area contributed by atoms with Gasteiger partial charge >= 0.3 is 0 Å². The Balaban J connectivity index is 0.000000392. The number of aliphatic imine (C=N–C) groups is 1. The van der Waals surface area contributed by atoms with Gasteiger partial charge in [0.15, 0.2) is 5.71 Å². The summed E-state index contributed by atoms with van der Waals surface area (Å²) in [7, 11) is 16.4. The molecule has 6 heteroatoms. The quantitative estimate of drug-likeness (QED) is 0.158. The minimum Gasteiger partial charge on any atom is -0.378 e. The van der Waals surface area contributed by atoms with Gasteiger partial charge in [-0.2, -0.15) is 0 Å². The van der Waals surface area contributed by atoms with Crippen molar-refractivity contribution in [2.45, 2.75) is 6.92 Å². The molecule has 4 aromatic carbocycles. The van der Waals surface area contributed by atoms with E-state index in [-0.39, 0.29) is 0 Å². The Hall–Kier alpha value is -5.10. The maximum absolute atomic E-state index is 4.80. The highest BCUT2D eigenvalue weighted by Gasteiger charge is 2.13. The van der Waals surface area contributed by atoms with Crippen LogP contribution in [-0.4, -0.2) is 72.4 Å². The van der Waals surface area contributed by atoms with Crippen molar-refractivity contribution in [2.75, 3.05) is 76.0 Å². The van der Waals surface area contributed by atoms with Gasteiger partial charge in [-0.15, -0.1) is 0 Å². The number of hydrogen-bond donors (Lipinski definition) is 0. The molecule has 1 aliphatic carbocycles. The Morgan fingerprint density at radius 1 is 0.444 bits per heavy atom. The van der Waals surface area contributed by atoms with E-state index in [1.54, 1.807) is 0 Å². The Bertz CT molecular complexity index is 1580. The largest absolute Gasteiger partial charge is 0.378 e. The summed E-state index contributed by atoms with van der Waals surface area (Å²) in [4.78, 5) is 13.4. The summed E-state index contributed by atoms with van der Waals surface area (Å²) in [6.07, 6.45) is 8.27. The lowest BCUT2D eigenvalue weighted by Gasteiger charge is -2.27. The summed E-state index contributed by atoms with van der Waals surface area (Å²) in [5.74, 6) is 0. The zero-order valence-corrected chi connectivity index (χ0v) is 28.2. The summed E-state index contributed by atoms with van der Waals surface area (Å²) in [5, 5.41) is 0. The van der Waals surface area contributed by atoms with Crippen LogP contribution in [0.5, 0.6) is 0 Å². The van der Waals surface area contributed by atoms with E-state index in [1.807, 2.05) is 40.3 Å². The van der Waals surface area contributed by atoms with Gasteiger partial charge in [-0.25, -0.2) is 9.57 Å². The number of hydrogen-bond acceptors (Lipinski definition) is 5. The van der Waals surface area contributed by atoms with Crippen molar-refractivity contribution in [1.82, 2.24) is 0 Å². The first-order chi connectivity index (χ1) is 21.5. The Kier molecular flexibility index (Phi) is 11.0. The predicted molar refractivity (Wildman–Crippen MR) is 198 cm³/mol. The summed E-state index contributed by atoms with van der Waals surface area (Å²) in [5.41, 5.74) is 11.2. The molecule has 0 fully saturated rings. The Morgan fingerprint density at radius 3 is 1.13 bits per heavy atom. The molecule has 0 aromatic heterocycles. The molecule has 4 aromatic rings. The fourth-order valence-corrected chi connectivity index (χ4v) is 4.74. The normalized spacial score (nSPS) is 11.8. The zero-order valence-electron chi connectivity index (χ0n) is 28.2. The van der Waals surface area contributed by atoms with E-state index in [2.05, 4.69) is 169 Å². The third kappa shape index (κ3) is 8.96. The zero-order chi connectivity index (χ0) is 32.5.